The monoisotopic (exact) mass is 408 g/mol. The molecule has 1 saturated heterocycles. The van der Waals surface area contributed by atoms with Crippen LogP contribution < -0.4 is 9.64 Å². The Bertz CT molecular complexity index is 907. The Morgan fingerprint density at radius 2 is 1.67 bits per heavy atom. The minimum absolute atomic E-state index is 0.0271. The zero-order valence-electron chi connectivity index (χ0n) is 17.5. The fraction of sp³-hybridized carbons (Fsp3) is 0.409. The van der Waals surface area contributed by atoms with Gasteiger partial charge in [-0.05, 0) is 40.3 Å². The van der Waals surface area contributed by atoms with E-state index in [0.29, 0.717) is 13.2 Å². The molecule has 0 unspecified atom stereocenters. The maximum absolute atomic E-state index is 5.34. The zero-order chi connectivity index (χ0) is 20.8. The molecule has 0 amide bonds. The Morgan fingerprint density at radius 3 is 2.33 bits per heavy atom. The Kier molecular flexibility index (Phi) is 6.56. The number of ether oxygens (including phenoxy) is 2. The van der Waals surface area contributed by atoms with Gasteiger partial charge in [0.1, 0.15) is 5.75 Å². The summed E-state index contributed by atoms with van der Waals surface area (Å²) in [5, 5.41) is 12.6. The Balaban J connectivity index is 1.59. The smallest absolute Gasteiger partial charge is 0.173 e. The van der Waals surface area contributed by atoms with Crippen LogP contribution in [0.5, 0.6) is 5.75 Å². The third-order valence-electron chi connectivity index (χ3n) is 5.54. The molecule has 2 heterocycles. The molecule has 0 spiro atoms. The lowest BCUT2D eigenvalue weighted by Crippen LogP contribution is -2.48. The number of methoxy groups -OCH3 is 2. The average molecular weight is 409 g/mol. The first kappa shape index (κ1) is 20.3. The van der Waals surface area contributed by atoms with Gasteiger partial charge in [-0.2, -0.15) is 0 Å². The number of hydrogen-bond acceptors (Lipinski definition) is 7. The summed E-state index contributed by atoms with van der Waals surface area (Å²) in [5.41, 5.74) is 2.42. The predicted molar refractivity (Wildman–Crippen MR) is 115 cm³/mol. The molecule has 0 N–H and O–H groups in total. The van der Waals surface area contributed by atoms with Crippen LogP contribution in [0.15, 0.2) is 54.6 Å². The highest BCUT2D eigenvalue weighted by Gasteiger charge is 2.30. The van der Waals surface area contributed by atoms with Crippen molar-refractivity contribution in [2.24, 2.45) is 0 Å². The van der Waals surface area contributed by atoms with Gasteiger partial charge in [0, 0.05) is 39.0 Å². The number of aromatic nitrogens is 4. The molecular weight excluding hydrogens is 380 g/mol. The molecule has 1 aliphatic rings. The van der Waals surface area contributed by atoms with Gasteiger partial charge in [0.2, 0.25) is 0 Å². The summed E-state index contributed by atoms with van der Waals surface area (Å²) in [5.74, 6) is 1.68. The second kappa shape index (κ2) is 9.69. The first-order valence-electron chi connectivity index (χ1n) is 10.2. The van der Waals surface area contributed by atoms with Gasteiger partial charge in [0.15, 0.2) is 5.82 Å². The van der Waals surface area contributed by atoms with Crippen LogP contribution in [0.4, 0.5) is 5.69 Å². The quantitative estimate of drug-likeness (QED) is 0.566. The molecular formula is C22H28N6O2. The fourth-order valence-electron chi connectivity index (χ4n) is 3.93. The lowest BCUT2D eigenvalue weighted by molar-refractivity contribution is 0.171. The van der Waals surface area contributed by atoms with Gasteiger partial charge in [-0.3, -0.25) is 4.90 Å². The molecule has 158 valence electrons. The molecule has 30 heavy (non-hydrogen) atoms. The normalized spacial score (nSPS) is 15.9. The number of benzene rings is 2. The summed E-state index contributed by atoms with van der Waals surface area (Å²) in [6.45, 7) is 4.93. The molecule has 1 atom stereocenters. The molecule has 0 saturated carbocycles. The van der Waals surface area contributed by atoms with Crippen molar-refractivity contribution in [2.75, 3.05) is 51.9 Å². The van der Waals surface area contributed by atoms with E-state index in [9.17, 15) is 0 Å². The number of piperazine rings is 1. The van der Waals surface area contributed by atoms with Crippen molar-refractivity contribution >= 4 is 5.69 Å². The SMILES string of the molecule is COCCn1nnnc1[C@@H](c1ccc(OC)cc1)N1CCN(c2ccccc2)CC1. The van der Waals surface area contributed by atoms with E-state index in [1.54, 1.807) is 14.2 Å². The van der Waals surface area contributed by atoms with Crippen LogP contribution in [0.2, 0.25) is 0 Å². The number of tetrazole rings is 1. The summed E-state index contributed by atoms with van der Waals surface area (Å²) in [6, 6.07) is 18.7. The van der Waals surface area contributed by atoms with Crippen LogP contribution in [-0.4, -0.2) is 72.1 Å². The van der Waals surface area contributed by atoms with E-state index in [0.717, 1.165) is 43.3 Å². The van der Waals surface area contributed by atoms with Crippen molar-refractivity contribution in [3.05, 3.63) is 66.0 Å². The minimum atomic E-state index is -0.0271. The molecule has 2 aromatic carbocycles. The topological polar surface area (TPSA) is 68.5 Å². The molecule has 0 radical (unpaired) electrons. The average Bonchev–Trinajstić information content (AvgIpc) is 3.27. The summed E-state index contributed by atoms with van der Waals surface area (Å²) >= 11 is 0. The van der Waals surface area contributed by atoms with E-state index < -0.39 is 0 Å². The van der Waals surface area contributed by atoms with Gasteiger partial charge in [-0.1, -0.05) is 30.3 Å². The molecule has 1 aliphatic heterocycles. The first-order chi connectivity index (χ1) is 14.8. The van der Waals surface area contributed by atoms with Gasteiger partial charge in [0.25, 0.3) is 0 Å². The summed E-state index contributed by atoms with van der Waals surface area (Å²) in [7, 11) is 3.37. The maximum Gasteiger partial charge on any atom is 0.173 e. The number of hydrogen-bond donors (Lipinski definition) is 0. The number of rotatable bonds is 8. The first-order valence-corrected chi connectivity index (χ1v) is 10.2. The van der Waals surface area contributed by atoms with Gasteiger partial charge in [0.05, 0.1) is 26.3 Å². The van der Waals surface area contributed by atoms with Crippen molar-refractivity contribution in [3.63, 3.8) is 0 Å². The summed E-state index contributed by atoms with van der Waals surface area (Å²) in [4.78, 5) is 4.88. The van der Waals surface area contributed by atoms with E-state index in [-0.39, 0.29) is 6.04 Å². The molecule has 8 heteroatoms. The van der Waals surface area contributed by atoms with E-state index in [4.69, 9.17) is 9.47 Å². The van der Waals surface area contributed by atoms with Crippen LogP contribution >= 0.6 is 0 Å². The number of para-hydroxylation sites is 1. The maximum atomic E-state index is 5.34. The zero-order valence-corrected chi connectivity index (χ0v) is 17.5. The minimum Gasteiger partial charge on any atom is -0.497 e. The van der Waals surface area contributed by atoms with E-state index in [1.807, 2.05) is 16.8 Å². The van der Waals surface area contributed by atoms with E-state index in [2.05, 4.69) is 67.8 Å². The van der Waals surface area contributed by atoms with Crippen molar-refractivity contribution in [1.82, 2.24) is 25.1 Å². The van der Waals surface area contributed by atoms with Crippen LogP contribution in [-0.2, 0) is 11.3 Å². The third kappa shape index (κ3) is 4.44. The van der Waals surface area contributed by atoms with Gasteiger partial charge < -0.3 is 14.4 Å². The highest BCUT2D eigenvalue weighted by molar-refractivity contribution is 5.46. The van der Waals surface area contributed by atoms with Gasteiger partial charge in [-0.25, -0.2) is 4.68 Å². The highest BCUT2D eigenvalue weighted by atomic mass is 16.5. The molecule has 1 aromatic heterocycles. The third-order valence-corrected chi connectivity index (χ3v) is 5.54. The molecule has 4 rings (SSSR count). The molecule has 1 fully saturated rings. The lowest BCUT2D eigenvalue weighted by atomic mass is 10.0. The molecule has 8 nitrogen and oxygen atoms in total. The Labute approximate surface area is 177 Å². The van der Waals surface area contributed by atoms with Gasteiger partial charge in [-0.15, -0.1) is 5.10 Å². The van der Waals surface area contributed by atoms with E-state index in [1.165, 1.54) is 5.69 Å². The van der Waals surface area contributed by atoms with Crippen molar-refractivity contribution < 1.29 is 9.47 Å². The van der Waals surface area contributed by atoms with Gasteiger partial charge >= 0.3 is 0 Å². The highest BCUT2D eigenvalue weighted by Crippen LogP contribution is 2.30. The lowest BCUT2D eigenvalue weighted by Gasteiger charge is -2.40. The fourth-order valence-corrected chi connectivity index (χ4v) is 3.93. The molecule has 0 bridgehead atoms. The number of nitrogens with zero attached hydrogens (tertiary/aromatic N) is 6. The standard InChI is InChI=1S/C22H28N6O2/c1-29-17-16-28-22(23-24-25-28)21(18-8-10-20(30-2)11-9-18)27-14-12-26(13-15-27)19-6-4-3-5-7-19/h3-11,21H,12-17H2,1-2H3/t21-/m1/s1. The number of anilines is 1. The van der Waals surface area contributed by atoms with Crippen molar-refractivity contribution in [3.8, 4) is 5.75 Å². The molecule has 3 aromatic rings. The van der Waals surface area contributed by atoms with E-state index >= 15 is 0 Å². The van der Waals surface area contributed by atoms with Crippen LogP contribution in [0.3, 0.4) is 0 Å². The van der Waals surface area contributed by atoms with Crippen LogP contribution in [0.1, 0.15) is 17.4 Å². The van der Waals surface area contributed by atoms with Crippen LogP contribution in [0.25, 0.3) is 0 Å². The Morgan fingerprint density at radius 1 is 0.933 bits per heavy atom. The van der Waals surface area contributed by atoms with Crippen LogP contribution in [0, 0.1) is 0 Å². The summed E-state index contributed by atoms with van der Waals surface area (Å²) in [6.07, 6.45) is 0. The Hall–Kier alpha value is -2.97. The largest absolute Gasteiger partial charge is 0.497 e. The second-order valence-corrected chi connectivity index (χ2v) is 7.29. The predicted octanol–water partition coefficient (Wildman–Crippen LogP) is 2.24. The van der Waals surface area contributed by atoms with Crippen molar-refractivity contribution in [2.45, 2.75) is 12.6 Å². The summed E-state index contributed by atoms with van der Waals surface area (Å²) < 4.78 is 12.4. The molecule has 0 aliphatic carbocycles. The van der Waals surface area contributed by atoms with Crippen molar-refractivity contribution in [1.29, 1.82) is 0 Å². The second-order valence-electron chi connectivity index (χ2n) is 7.29.